The molecule has 6 nitrogen and oxygen atoms in total. The zero-order valence-electron chi connectivity index (χ0n) is 17.3. The molecule has 1 saturated heterocycles. The quantitative estimate of drug-likeness (QED) is 0.604. The molecule has 3 amide bonds. The van der Waals surface area contributed by atoms with Crippen molar-refractivity contribution in [1.29, 1.82) is 0 Å². The first-order valence-electron chi connectivity index (χ1n) is 10.2. The summed E-state index contributed by atoms with van der Waals surface area (Å²) < 4.78 is 11.5. The summed E-state index contributed by atoms with van der Waals surface area (Å²) in [6, 6.07) is 22.9. The summed E-state index contributed by atoms with van der Waals surface area (Å²) in [4.78, 5) is 30.4. The highest BCUT2D eigenvalue weighted by atomic mass is 16.5. The monoisotopic (exact) mass is 414 g/mol. The fourth-order valence-corrected chi connectivity index (χ4v) is 4.47. The van der Waals surface area contributed by atoms with Crippen LogP contribution >= 0.6 is 0 Å². The number of amides is 3. The van der Waals surface area contributed by atoms with E-state index >= 15 is 0 Å². The van der Waals surface area contributed by atoms with Gasteiger partial charge < -0.3 is 9.47 Å². The SMILES string of the molecule is COc1ccc(C(=O)N2C(=O)N(c3ccccc3)C3(C)CC2c2ccccc2O3)cc1. The third-order valence-electron chi connectivity index (χ3n) is 5.93. The van der Waals surface area contributed by atoms with Crippen LogP contribution in [0.2, 0.25) is 0 Å². The minimum Gasteiger partial charge on any atom is -0.497 e. The van der Waals surface area contributed by atoms with E-state index in [1.807, 2.05) is 61.5 Å². The second kappa shape index (κ2) is 7.16. The number of imide groups is 1. The predicted octanol–water partition coefficient (Wildman–Crippen LogP) is 5.02. The van der Waals surface area contributed by atoms with Crippen LogP contribution in [0.3, 0.4) is 0 Å². The Kier molecular flexibility index (Phi) is 4.43. The minimum atomic E-state index is -0.909. The molecule has 2 heterocycles. The summed E-state index contributed by atoms with van der Waals surface area (Å²) in [6.07, 6.45) is 0.465. The highest BCUT2D eigenvalue weighted by Gasteiger charge is 2.55. The number of rotatable bonds is 3. The first kappa shape index (κ1) is 19.2. The molecule has 2 aliphatic rings. The molecule has 0 aliphatic carbocycles. The van der Waals surface area contributed by atoms with Gasteiger partial charge in [0.25, 0.3) is 5.91 Å². The molecule has 2 bridgehead atoms. The van der Waals surface area contributed by atoms with Crippen LogP contribution in [-0.4, -0.2) is 29.7 Å². The largest absolute Gasteiger partial charge is 0.497 e. The van der Waals surface area contributed by atoms with Crippen molar-refractivity contribution in [2.75, 3.05) is 12.0 Å². The normalized spacial score (nSPS) is 21.9. The molecule has 0 N–H and O–H groups in total. The molecule has 0 saturated carbocycles. The molecule has 0 radical (unpaired) electrons. The second-order valence-electron chi connectivity index (χ2n) is 7.89. The van der Waals surface area contributed by atoms with Crippen molar-refractivity contribution in [1.82, 2.24) is 4.90 Å². The van der Waals surface area contributed by atoms with E-state index in [1.165, 1.54) is 4.90 Å². The summed E-state index contributed by atoms with van der Waals surface area (Å²) in [5.41, 5.74) is 1.03. The van der Waals surface area contributed by atoms with Crippen molar-refractivity contribution < 1.29 is 19.1 Å². The van der Waals surface area contributed by atoms with Gasteiger partial charge in [-0.3, -0.25) is 14.6 Å². The van der Waals surface area contributed by atoms with Crippen LogP contribution in [0.25, 0.3) is 0 Å². The zero-order valence-corrected chi connectivity index (χ0v) is 17.3. The van der Waals surface area contributed by atoms with E-state index in [0.29, 0.717) is 29.2 Å². The molecule has 6 heteroatoms. The van der Waals surface area contributed by atoms with Crippen LogP contribution in [-0.2, 0) is 0 Å². The molecule has 0 spiro atoms. The van der Waals surface area contributed by atoms with Gasteiger partial charge in [0.2, 0.25) is 0 Å². The van der Waals surface area contributed by atoms with Gasteiger partial charge in [-0.15, -0.1) is 0 Å². The van der Waals surface area contributed by atoms with Gasteiger partial charge in [0.15, 0.2) is 5.72 Å². The van der Waals surface area contributed by atoms with E-state index < -0.39 is 17.8 Å². The smallest absolute Gasteiger partial charge is 0.335 e. The molecule has 3 aromatic rings. The number of hydrogen-bond acceptors (Lipinski definition) is 4. The summed E-state index contributed by atoms with van der Waals surface area (Å²) in [5.74, 6) is 0.982. The summed E-state index contributed by atoms with van der Waals surface area (Å²) >= 11 is 0. The Labute approximate surface area is 180 Å². The summed E-state index contributed by atoms with van der Waals surface area (Å²) in [5, 5.41) is 0. The number of anilines is 1. The van der Waals surface area contributed by atoms with E-state index in [0.717, 1.165) is 5.56 Å². The van der Waals surface area contributed by atoms with Crippen LogP contribution in [0, 0.1) is 0 Å². The van der Waals surface area contributed by atoms with Crippen molar-refractivity contribution in [2.45, 2.75) is 25.1 Å². The standard InChI is InChI=1S/C25H22N2O4/c1-25-16-21(20-10-6-7-11-22(20)31-25)26(23(28)17-12-14-19(30-2)15-13-17)24(29)27(25)18-8-4-3-5-9-18/h3-15,21H,16H2,1-2H3. The minimum absolute atomic E-state index is 0.350. The molecule has 3 aromatic carbocycles. The number of benzene rings is 3. The van der Waals surface area contributed by atoms with Gasteiger partial charge in [0, 0.05) is 23.2 Å². The second-order valence-corrected chi connectivity index (χ2v) is 7.89. The van der Waals surface area contributed by atoms with Crippen molar-refractivity contribution in [2.24, 2.45) is 0 Å². The maximum atomic E-state index is 13.8. The Morgan fingerprint density at radius 3 is 2.39 bits per heavy atom. The number of carbonyl (C=O) groups is 2. The maximum Gasteiger partial charge on any atom is 0.335 e. The van der Waals surface area contributed by atoms with Crippen molar-refractivity contribution in [3.05, 3.63) is 90.0 Å². The fourth-order valence-electron chi connectivity index (χ4n) is 4.47. The van der Waals surface area contributed by atoms with E-state index in [9.17, 15) is 9.59 Å². The van der Waals surface area contributed by atoms with Crippen molar-refractivity contribution >= 4 is 17.6 Å². The number of methoxy groups -OCH3 is 1. The molecule has 156 valence electrons. The van der Waals surface area contributed by atoms with Gasteiger partial charge >= 0.3 is 6.03 Å². The zero-order chi connectivity index (χ0) is 21.6. The Morgan fingerprint density at radius 1 is 1.00 bits per heavy atom. The lowest BCUT2D eigenvalue weighted by Crippen LogP contribution is -2.67. The van der Waals surface area contributed by atoms with Crippen LogP contribution in [0.15, 0.2) is 78.9 Å². The molecular weight excluding hydrogens is 392 g/mol. The Bertz CT molecular complexity index is 1150. The van der Waals surface area contributed by atoms with Crippen LogP contribution in [0.1, 0.15) is 35.3 Å². The van der Waals surface area contributed by atoms with E-state index in [1.54, 1.807) is 36.3 Å². The van der Waals surface area contributed by atoms with Crippen LogP contribution < -0.4 is 14.4 Å². The van der Waals surface area contributed by atoms with E-state index in [4.69, 9.17) is 9.47 Å². The molecular formula is C25H22N2O4. The molecule has 2 aliphatic heterocycles. The Balaban J connectivity index is 1.64. The third-order valence-corrected chi connectivity index (χ3v) is 5.93. The highest BCUT2D eigenvalue weighted by molar-refractivity contribution is 6.10. The molecule has 1 fully saturated rings. The number of nitrogens with zero attached hydrogens (tertiary/aromatic N) is 2. The average molecular weight is 414 g/mol. The average Bonchev–Trinajstić information content (AvgIpc) is 2.79. The lowest BCUT2D eigenvalue weighted by Gasteiger charge is -2.53. The van der Waals surface area contributed by atoms with Gasteiger partial charge in [0.1, 0.15) is 11.5 Å². The third kappa shape index (κ3) is 3.03. The molecule has 2 unspecified atom stereocenters. The van der Waals surface area contributed by atoms with Gasteiger partial charge in [-0.05, 0) is 49.4 Å². The van der Waals surface area contributed by atoms with Gasteiger partial charge in [-0.1, -0.05) is 36.4 Å². The molecule has 31 heavy (non-hydrogen) atoms. The Morgan fingerprint density at radius 2 is 1.68 bits per heavy atom. The molecule has 5 rings (SSSR count). The van der Waals surface area contributed by atoms with Crippen LogP contribution in [0.5, 0.6) is 11.5 Å². The lowest BCUT2D eigenvalue weighted by molar-refractivity contribution is 0.00268. The van der Waals surface area contributed by atoms with Crippen molar-refractivity contribution in [3.8, 4) is 11.5 Å². The number of ether oxygens (including phenoxy) is 2. The first-order chi connectivity index (χ1) is 15.0. The number of urea groups is 1. The number of fused-ring (bicyclic) bond motifs is 4. The summed E-state index contributed by atoms with van der Waals surface area (Å²) in [6.45, 7) is 1.90. The first-order valence-corrected chi connectivity index (χ1v) is 10.2. The Hall–Kier alpha value is -3.80. The lowest BCUT2D eigenvalue weighted by atomic mass is 9.88. The van der Waals surface area contributed by atoms with Gasteiger partial charge in [0.05, 0.1) is 13.2 Å². The number of para-hydroxylation sites is 2. The topological polar surface area (TPSA) is 59.1 Å². The van der Waals surface area contributed by atoms with E-state index in [2.05, 4.69) is 0 Å². The van der Waals surface area contributed by atoms with E-state index in [-0.39, 0.29) is 5.91 Å². The molecule has 0 aromatic heterocycles. The fraction of sp³-hybridized carbons (Fsp3) is 0.200. The highest BCUT2D eigenvalue weighted by Crippen LogP contribution is 2.49. The summed E-state index contributed by atoms with van der Waals surface area (Å²) in [7, 11) is 1.57. The van der Waals surface area contributed by atoms with Crippen LogP contribution in [0.4, 0.5) is 10.5 Å². The predicted molar refractivity (Wildman–Crippen MR) is 116 cm³/mol. The number of carbonyl (C=O) groups excluding carboxylic acids is 2. The molecule has 2 atom stereocenters. The van der Waals surface area contributed by atoms with Crippen molar-refractivity contribution in [3.63, 3.8) is 0 Å². The maximum absolute atomic E-state index is 13.8. The number of hydrogen-bond donors (Lipinski definition) is 0. The van der Waals surface area contributed by atoms with Gasteiger partial charge in [-0.25, -0.2) is 4.79 Å². The van der Waals surface area contributed by atoms with Gasteiger partial charge in [-0.2, -0.15) is 0 Å².